The molecular weight excluding hydrogens is 1800 g/mol. The van der Waals surface area contributed by atoms with Gasteiger partial charge >= 0.3 is 40.9 Å². The fourth-order valence-electron chi connectivity index (χ4n) is 20.8. The van der Waals surface area contributed by atoms with Crippen LogP contribution in [0.2, 0.25) is 12.1 Å². The number of non-ortho nitro benzene ring substituents is 2. The molecule has 0 saturated carbocycles. The molecule has 5 fully saturated rings. The van der Waals surface area contributed by atoms with Gasteiger partial charge in [-0.1, -0.05) is 119 Å². The number of carbonyl (C=O) groups is 3. The molecule has 5 saturated heterocycles. The van der Waals surface area contributed by atoms with Crippen LogP contribution in [0.4, 0.5) is 21.9 Å². The van der Waals surface area contributed by atoms with Crippen LogP contribution in [0.5, 0.6) is 34.5 Å². The van der Waals surface area contributed by atoms with Crippen molar-refractivity contribution < 1.29 is 92.8 Å². The van der Waals surface area contributed by atoms with Crippen molar-refractivity contribution in [1.29, 1.82) is 0 Å². The van der Waals surface area contributed by atoms with Gasteiger partial charge in [0.1, 0.15) is 83.7 Å². The Balaban J connectivity index is 0.000000164. The van der Waals surface area contributed by atoms with E-state index in [1.165, 1.54) is 12.1 Å². The quantitative estimate of drug-likeness (QED) is 0.00639. The van der Waals surface area contributed by atoms with Gasteiger partial charge in [-0.05, 0) is 216 Å². The summed E-state index contributed by atoms with van der Waals surface area (Å²) in [5.74, 6) is 1.40. The third-order valence-corrected chi connectivity index (χ3v) is 33.4. The lowest BCUT2D eigenvalue weighted by atomic mass is 9.52. The Morgan fingerprint density at radius 2 is 1.01 bits per heavy atom. The molecule has 6 unspecified atom stereocenters. The monoisotopic (exact) mass is 1900 g/mol. The van der Waals surface area contributed by atoms with Crippen LogP contribution in [0.3, 0.4) is 0 Å². The van der Waals surface area contributed by atoms with E-state index < -0.39 is 91.9 Å². The average Bonchev–Trinajstić information content (AvgIpc) is 1.14. The summed E-state index contributed by atoms with van der Waals surface area (Å²) in [6.45, 7) is 18.5. The number of cyclic esters (lactones) is 2. The van der Waals surface area contributed by atoms with E-state index in [1.807, 2.05) is 167 Å². The highest BCUT2D eigenvalue weighted by atomic mass is 28.4. The number of benzene rings is 10. The normalized spacial score (nSPS) is 25.1. The van der Waals surface area contributed by atoms with Gasteiger partial charge < -0.3 is 96.0 Å². The van der Waals surface area contributed by atoms with E-state index >= 15 is 0 Å². The summed E-state index contributed by atoms with van der Waals surface area (Å²) in [7, 11) is -4.90. The number of hydrogen-bond acceptors (Lipinski definition) is 27. The largest absolute Gasteiger partial charge is 0.502 e. The maximum Gasteiger partial charge on any atom is 0.502 e. The van der Waals surface area contributed by atoms with Gasteiger partial charge in [-0.15, -0.1) is 0 Å². The molecule has 10 atom stereocenters. The van der Waals surface area contributed by atoms with Gasteiger partial charge in [-0.25, -0.2) is 19.2 Å². The zero-order valence-electron chi connectivity index (χ0n) is 74.4. The molecule has 8 aliphatic heterocycles. The van der Waals surface area contributed by atoms with Crippen molar-refractivity contribution >= 4 is 118 Å². The van der Waals surface area contributed by atoms with Gasteiger partial charge in [0.2, 0.25) is 11.6 Å². The summed E-state index contributed by atoms with van der Waals surface area (Å²) in [5.41, 5.74) is 14.9. The van der Waals surface area contributed by atoms with E-state index in [4.69, 9.17) is 75.3 Å². The predicted molar refractivity (Wildman–Crippen MR) is 518 cm³/mol. The van der Waals surface area contributed by atoms with Crippen molar-refractivity contribution in [2.24, 2.45) is 22.3 Å². The molecule has 10 aromatic carbocycles. The average molecular weight is 1910 g/mol. The zero-order chi connectivity index (χ0) is 92.8. The number of ether oxygens (including phenoxy) is 7. The van der Waals surface area contributed by atoms with E-state index in [-0.39, 0.29) is 107 Å². The highest BCUT2D eigenvalue weighted by molar-refractivity contribution is 6.62. The molecule has 12 aromatic rings. The van der Waals surface area contributed by atoms with Gasteiger partial charge in [0, 0.05) is 95.2 Å². The molecule has 8 bridgehead atoms. The number of nitrogens with zero attached hydrogens (tertiary/aromatic N) is 2. The summed E-state index contributed by atoms with van der Waals surface area (Å²) >= 11 is 0. The molecule has 0 radical (unpaired) electrons. The third-order valence-electron chi connectivity index (χ3n) is 27.3. The van der Waals surface area contributed by atoms with Crippen LogP contribution in [0.25, 0.3) is 43.5 Å². The van der Waals surface area contributed by atoms with Crippen molar-refractivity contribution in [2.45, 2.75) is 171 Å². The van der Waals surface area contributed by atoms with Crippen LogP contribution >= 0.6 is 0 Å². The summed E-state index contributed by atoms with van der Waals surface area (Å²) in [6, 6.07) is 62.2. The van der Waals surface area contributed by atoms with E-state index in [0.717, 1.165) is 62.0 Å². The van der Waals surface area contributed by atoms with Crippen molar-refractivity contribution in [1.82, 2.24) is 10.6 Å². The lowest BCUT2D eigenvalue weighted by molar-refractivity contribution is -0.384. The predicted octanol–water partition coefficient (Wildman–Crippen LogP) is 12.8. The molecule has 35 heteroatoms. The Kier molecular flexibility index (Phi) is 26.0. The van der Waals surface area contributed by atoms with E-state index in [9.17, 15) is 44.2 Å². The summed E-state index contributed by atoms with van der Waals surface area (Å²) in [5, 5.41) is 37.4. The highest BCUT2D eigenvalue weighted by Crippen LogP contribution is 2.67. The van der Waals surface area contributed by atoms with E-state index in [0.29, 0.717) is 129 Å². The zero-order valence-corrected chi connectivity index (χ0v) is 76.4. The van der Waals surface area contributed by atoms with Gasteiger partial charge in [-0.2, -0.15) is 0 Å². The Labute approximate surface area is 787 Å². The molecule has 1 aliphatic carbocycles. The van der Waals surface area contributed by atoms with Crippen LogP contribution < -0.4 is 67.1 Å². The number of rotatable bonds is 26. The fourth-order valence-corrected chi connectivity index (χ4v) is 27.5. The van der Waals surface area contributed by atoms with Crippen LogP contribution in [0.1, 0.15) is 130 Å². The van der Waals surface area contributed by atoms with Crippen molar-refractivity contribution in [3.05, 3.63) is 297 Å². The summed E-state index contributed by atoms with van der Waals surface area (Å²) in [4.78, 5) is 87.1. The minimum atomic E-state index is -2.64. The Morgan fingerprint density at radius 3 is 1.54 bits per heavy atom. The Bertz CT molecular complexity index is 6720. The standard InChI is InChI=1S/C50H51N3O11Si.C42H33N3O10.C8H17NO3Si.2H4Si/c1-29-45-30(2)63-65(62-29,64-45)24-8-21-52-47(54)41(51)25-31-13-18-35(19-14-31)58-22-23-59-36-20-16-33-28-50(40-11-7-9-32-15-17-34(53(56)57)26-38(32)40)49(3,4)44(39(33)27-36)43-46(61-50)37-10-5-6-12-42(37)60-48(43)55;1-41(2)36-30-22-27(52-19-18-51-26-14-10-23(11-15-26)20-33-38(46)54-40(48)43-33)16-17-32(30)44-42(41,31-8-5-6-24-12-13-25(45(49)50)21-29(24)31)55-37-28-7-3-4-9-34(28)53-39(47)35(36)37;1-6-8-7(2)11-13(10-6,12-8)5-3-4-9;;/h5-7,9-20,26-27,29-30,41,44-45H,8,21-25,28,51H2,1-4H3,(H,52,54);3-17,21-22,33,36,44H,18-20H2,1-2H3,(H,43,48);6-8H,3-5,9H2,1-2H3;2*1H4/t29?,30?,41-,44-,45?,50?,65?;33-,36+,42?;;;/m10.../s1. The van der Waals surface area contributed by atoms with Crippen LogP contribution in [-0.2, 0) is 71.5 Å². The second-order valence-corrected chi connectivity index (χ2v) is 41.5. The number of esters is 1. The second kappa shape index (κ2) is 37.3. The number of nitro benzene ring substituents is 2. The number of fused-ring (bicyclic) bond motifs is 22. The third kappa shape index (κ3) is 17.3. The smallest absolute Gasteiger partial charge is 0.490 e. The number of nitrogens with two attached hydrogens (primary N) is 2. The number of nitro groups is 2. The number of amides is 2. The van der Waals surface area contributed by atoms with Gasteiger partial charge in [0.15, 0.2) is 0 Å². The molecule has 9 aliphatic rings. The first-order valence-corrected chi connectivity index (χ1v) is 48.7. The maximum atomic E-state index is 14.1. The molecule has 2 aromatic heterocycles. The number of carbonyl (C=O) groups excluding carboxylic acids is 3. The second-order valence-electron chi connectivity index (χ2n) is 36.3. The van der Waals surface area contributed by atoms with Crippen molar-refractivity contribution in [3.8, 4) is 34.5 Å². The summed E-state index contributed by atoms with van der Waals surface area (Å²) < 4.78 is 90.7. The Morgan fingerprint density at radius 1 is 0.533 bits per heavy atom. The lowest BCUT2D eigenvalue weighted by Crippen LogP contribution is -2.61. The Hall–Kier alpha value is -12.5. The van der Waals surface area contributed by atoms with Crippen LogP contribution in [0, 0.1) is 31.1 Å². The minimum Gasteiger partial charge on any atom is -0.490 e. The van der Waals surface area contributed by atoms with E-state index in [2.05, 4.69) is 48.4 Å². The molecule has 135 heavy (non-hydrogen) atoms. The van der Waals surface area contributed by atoms with Gasteiger partial charge in [0.05, 0.1) is 74.4 Å². The summed E-state index contributed by atoms with van der Waals surface area (Å²) in [6.07, 6.45) is 2.61. The molecule has 2 amide bonds. The SMILES string of the molecule is CC1(C)[C@@H]2c3cc(OCCOc4ccc(C[C@@H]5NC(=O)OC5=O)cc4)ccc3NC1(c1cccc3ccc([N+](=O)[O-])cc13)Oc1c2c(=O)oc2ccccc12.CC1O[Si]2(CCCN)OC(C)C1O2.CC1O[Si]2(CCCNC(=O)[C@H](N)Cc3ccc(OCCOc4ccc5c(c4)[C@@H]4c6c(c7ccccc7oc6=O)OC(c6cccc7ccc([N+](=O)[O-])cc67)(C5)C4(C)C)cc3)OC(C)C1O2.[SiH4].[SiH4]. The number of anilines is 1. The topological polar surface area (TPSA) is 406 Å². The minimum absolute atomic E-state index is 0. The fraction of sp³-hybridized carbons (Fsp3) is 0.350. The number of hydrogen-bond donors (Lipinski definition) is 5. The first-order chi connectivity index (χ1) is 63.9. The number of nitrogens with one attached hydrogen (secondary N) is 3. The van der Waals surface area contributed by atoms with Crippen LogP contribution in [0.15, 0.2) is 225 Å². The molecule has 7 N–H and O–H groups in total. The first kappa shape index (κ1) is 94.3. The van der Waals surface area contributed by atoms with E-state index in [1.54, 1.807) is 54.6 Å². The molecule has 0 spiro atoms. The van der Waals surface area contributed by atoms with Gasteiger partial charge in [-0.3, -0.25) is 25.0 Å². The number of para-hydroxylation sites is 2. The van der Waals surface area contributed by atoms with Crippen molar-refractivity contribution in [2.75, 3.05) is 44.8 Å². The first-order valence-electron chi connectivity index (χ1n) is 44.9. The molecule has 31 nitrogen and oxygen atoms in total. The molecule has 10 heterocycles. The van der Waals surface area contributed by atoms with Crippen LogP contribution in [-0.4, -0.2) is 156 Å². The maximum absolute atomic E-state index is 14.1. The van der Waals surface area contributed by atoms with Gasteiger partial charge in [0.25, 0.3) is 11.4 Å². The highest BCUT2D eigenvalue weighted by Gasteiger charge is 2.66. The molecule has 21 rings (SSSR count). The molecular formula is C100H109N7O24Si4. The molecule has 704 valence electrons. The lowest BCUT2D eigenvalue weighted by Gasteiger charge is -2.58. The van der Waals surface area contributed by atoms with Crippen molar-refractivity contribution in [3.63, 3.8) is 0 Å². The number of alkyl carbamates (subject to hydrolysis) is 1.